The summed E-state index contributed by atoms with van der Waals surface area (Å²) in [6.45, 7) is 3.25. The number of Topliss-reactive ketones (excluding diaryl/α,β-unsaturated/α-hetero) is 1. The van der Waals surface area contributed by atoms with Crippen molar-refractivity contribution in [3.8, 4) is 0 Å². The van der Waals surface area contributed by atoms with E-state index in [4.69, 9.17) is 4.42 Å². The molecule has 110 valence electrons. The number of hydrogen-bond donors (Lipinski definition) is 0. The highest BCUT2D eigenvalue weighted by molar-refractivity contribution is 5.93. The molecule has 0 aromatic carbocycles. The zero-order chi connectivity index (χ0) is 15.6. The Morgan fingerprint density at radius 3 is 2.57 bits per heavy atom. The highest BCUT2D eigenvalue weighted by atomic mass is 16.5. The molecule has 0 saturated heterocycles. The van der Waals surface area contributed by atoms with Crippen molar-refractivity contribution in [2.24, 2.45) is 0 Å². The zero-order valence-corrected chi connectivity index (χ0v) is 12.0. The molecule has 0 unspecified atom stereocenters. The van der Waals surface area contributed by atoms with Gasteiger partial charge in [-0.2, -0.15) is 0 Å². The highest BCUT2D eigenvalue weighted by Crippen LogP contribution is 2.11. The normalized spacial score (nSPS) is 10.4. The number of rotatable bonds is 4. The summed E-state index contributed by atoms with van der Waals surface area (Å²) in [5.74, 6) is -0.367. The average Bonchev–Trinajstić information content (AvgIpc) is 2.90. The molecule has 0 fully saturated rings. The number of hydrogen-bond acceptors (Lipinski definition) is 5. The fourth-order valence-electron chi connectivity index (χ4n) is 1.96. The van der Waals surface area contributed by atoms with Crippen LogP contribution in [0.15, 0.2) is 33.5 Å². The van der Waals surface area contributed by atoms with Gasteiger partial charge < -0.3 is 13.7 Å². The Morgan fingerprint density at radius 2 is 1.95 bits per heavy atom. The monoisotopic (exact) mass is 289 g/mol. The van der Waals surface area contributed by atoms with Crippen LogP contribution in [-0.2, 0) is 11.3 Å². The van der Waals surface area contributed by atoms with Gasteiger partial charge in [-0.15, -0.1) is 0 Å². The van der Waals surface area contributed by atoms with Crippen molar-refractivity contribution in [2.75, 3.05) is 7.11 Å². The number of carbonyl (C=O) groups excluding carboxylic acids is 2. The van der Waals surface area contributed by atoms with Crippen LogP contribution in [-0.4, -0.2) is 23.4 Å². The van der Waals surface area contributed by atoms with E-state index in [1.807, 2.05) is 0 Å². The second-order valence-corrected chi connectivity index (χ2v) is 4.59. The van der Waals surface area contributed by atoms with E-state index >= 15 is 0 Å². The van der Waals surface area contributed by atoms with Gasteiger partial charge in [0.15, 0.2) is 5.78 Å². The lowest BCUT2D eigenvalue weighted by atomic mass is 10.2. The lowest BCUT2D eigenvalue weighted by Crippen LogP contribution is -2.27. The Hall–Kier alpha value is -2.63. The first kappa shape index (κ1) is 14.8. The topological polar surface area (TPSA) is 78.5 Å². The molecule has 0 aliphatic rings. The van der Waals surface area contributed by atoms with Crippen LogP contribution in [0.4, 0.5) is 0 Å². The Bertz CT molecular complexity index is 754. The third kappa shape index (κ3) is 2.94. The van der Waals surface area contributed by atoms with Crippen molar-refractivity contribution in [2.45, 2.75) is 20.4 Å². The summed E-state index contributed by atoms with van der Waals surface area (Å²) >= 11 is 0. The van der Waals surface area contributed by atoms with Gasteiger partial charge in [0.2, 0.25) is 5.76 Å². The molecule has 0 amide bonds. The zero-order valence-electron chi connectivity index (χ0n) is 12.0. The van der Waals surface area contributed by atoms with Crippen LogP contribution >= 0.6 is 0 Å². The van der Waals surface area contributed by atoms with E-state index < -0.39 is 5.97 Å². The summed E-state index contributed by atoms with van der Waals surface area (Å²) in [6.07, 6.45) is 0. The molecule has 2 rings (SSSR count). The van der Waals surface area contributed by atoms with Crippen LogP contribution in [0.2, 0.25) is 0 Å². The van der Waals surface area contributed by atoms with Crippen molar-refractivity contribution >= 4 is 11.8 Å². The number of aromatic nitrogens is 1. The number of carbonyl (C=O) groups is 2. The quantitative estimate of drug-likeness (QED) is 0.633. The second-order valence-electron chi connectivity index (χ2n) is 4.59. The second kappa shape index (κ2) is 5.78. The maximum atomic E-state index is 12.2. The maximum Gasteiger partial charge on any atom is 0.373 e. The van der Waals surface area contributed by atoms with E-state index in [1.54, 1.807) is 19.1 Å². The highest BCUT2D eigenvalue weighted by Gasteiger charge is 2.14. The minimum absolute atomic E-state index is 0.0703. The molecule has 2 aromatic rings. The predicted molar refractivity (Wildman–Crippen MR) is 74.6 cm³/mol. The fraction of sp³-hybridized carbons (Fsp3) is 0.267. The molecule has 21 heavy (non-hydrogen) atoms. The standard InChI is InChI=1S/C15H15NO5/c1-9-4-6-12(10(2)17)14(18)16(9)8-11-5-7-13(21-11)15(19)20-3/h4-7H,8H2,1-3H3. The van der Waals surface area contributed by atoms with Crippen molar-refractivity contribution in [3.63, 3.8) is 0 Å². The Kier molecular flexibility index (Phi) is 4.07. The number of pyridine rings is 1. The predicted octanol–water partition coefficient (Wildman–Crippen LogP) is 1.79. The smallest absolute Gasteiger partial charge is 0.373 e. The van der Waals surface area contributed by atoms with Crippen LogP contribution in [0, 0.1) is 6.92 Å². The van der Waals surface area contributed by atoms with Crippen LogP contribution in [0.5, 0.6) is 0 Å². The third-order valence-corrected chi connectivity index (χ3v) is 3.13. The maximum absolute atomic E-state index is 12.2. The summed E-state index contributed by atoms with van der Waals surface area (Å²) in [6, 6.07) is 6.29. The van der Waals surface area contributed by atoms with Crippen molar-refractivity contribution in [1.82, 2.24) is 4.57 Å². The molecule has 0 aliphatic carbocycles. The Morgan fingerprint density at radius 1 is 1.24 bits per heavy atom. The summed E-state index contributed by atoms with van der Waals surface area (Å²) in [4.78, 5) is 35.0. The van der Waals surface area contributed by atoms with Crippen LogP contribution < -0.4 is 5.56 Å². The van der Waals surface area contributed by atoms with Gasteiger partial charge in [-0.3, -0.25) is 9.59 Å². The molecule has 0 aliphatic heterocycles. The molecular formula is C15H15NO5. The minimum atomic E-state index is -0.581. The summed E-state index contributed by atoms with van der Waals surface area (Å²) in [5.41, 5.74) is 0.444. The molecular weight excluding hydrogens is 274 g/mol. The van der Waals surface area contributed by atoms with Crippen LogP contribution in [0.3, 0.4) is 0 Å². The Labute approximate surface area is 121 Å². The number of furan rings is 1. The first-order chi connectivity index (χ1) is 9.93. The van der Waals surface area contributed by atoms with Gasteiger partial charge in [0.05, 0.1) is 19.2 Å². The number of ketones is 1. The SMILES string of the molecule is COC(=O)c1ccc(Cn2c(C)ccc(C(C)=O)c2=O)o1. The van der Waals surface area contributed by atoms with E-state index in [1.165, 1.54) is 30.7 Å². The van der Waals surface area contributed by atoms with Gasteiger partial charge in [0.1, 0.15) is 5.76 Å². The van der Waals surface area contributed by atoms with Crippen LogP contribution in [0.1, 0.15) is 39.3 Å². The molecule has 0 radical (unpaired) electrons. The number of esters is 1. The summed E-state index contributed by atoms with van der Waals surface area (Å²) < 4.78 is 11.3. The van der Waals surface area contributed by atoms with E-state index in [2.05, 4.69) is 4.74 Å². The molecule has 0 N–H and O–H groups in total. The van der Waals surface area contributed by atoms with Crippen molar-refractivity contribution < 1.29 is 18.7 Å². The van der Waals surface area contributed by atoms with E-state index in [0.717, 1.165) is 0 Å². The molecule has 2 aromatic heterocycles. The van der Waals surface area contributed by atoms with Gasteiger partial charge in [-0.25, -0.2) is 4.79 Å². The van der Waals surface area contributed by atoms with Gasteiger partial charge in [-0.1, -0.05) is 0 Å². The molecule has 0 atom stereocenters. The van der Waals surface area contributed by atoms with E-state index in [9.17, 15) is 14.4 Å². The lowest BCUT2D eigenvalue weighted by molar-refractivity contribution is 0.0562. The fourth-order valence-corrected chi connectivity index (χ4v) is 1.96. The van der Waals surface area contributed by atoms with Gasteiger partial charge >= 0.3 is 5.97 Å². The number of ether oxygens (including phenoxy) is 1. The van der Waals surface area contributed by atoms with Gasteiger partial charge in [-0.05, 0) is 38.1 Å². The molecule has 0 spiro atoms. The van der Waals surface area contributed by atoms with E-state index in [0.29, 0.717) is 11.5 Å². The molecule has 6 heteroatoms. The van der Waals surface area contributed by atoms with E-state index in [-0.39, 0.29) is 29.2 Å². The largest absolute Gasteiger partial charge is 0.463 e. The molecule has 6 nitrogen and oxygen atoms in total. The molecule has 0 bridgehead atoms. The number of aryl methyl sites for hydroxylation is 1. The molecule has 0 saturated carbocycles. The van der Waals surface area contributed by atoms with Gasteiger partial charge in [0.25, 0.3) is 5.56 Å². The Balaban J connectivity index is 2.38. The molecule has 2 heterocycles. The van der Waals surface area contributed by atoms with Crippen molar-refractivity contribution in [3.05, 3.63) is 57.4 Å². The minimum Gasteiger partial charge on any atom is -0.463 e. The first-order valence-electron chi connectivity index (χ1n) is 6.32. The average molecular weight is 289 g/mol. The van der Waals surface area contributed by atoms with Crippen molar-refractivity contribution in [1.29, 1.82) is 0 Å². The number of methoxy groups -OCH3 is 1. The van der Waals surface area contributed by atoms with Crippen LogP contribution in [0.25, 0.3) is 0 Å². The van der Waals surface area contributed by atoms with Gasteiger partial charge in [0, 0.05) is 5.69 Å². The lowest BCUT2D eigenvalue weighted by Gasteiger charge is -2.09. The number of nitrogens with zero attached hydrogens (tertiary/aromatic N) is 1. The summed E-state index contributed by atoms with van der Waals surface area (Å²) in [5, 5.41) is 0. The summed E-state index contributed by atoms with van der Waals surface area (Å²) in [7, 11) is 1.26. The first-order valence-corrected chi connectivity index (χ1v) is 6.32. The third-order valence-electron chi connectivity index (χ3n) is 3.13.